The van der Waals surface area contributed by atoms with Crippen molar-refractivity contribution >= 4 is 17.2 Å². The van der Waals surface area contributed by atoms with Crippen LogP contribution in [0.15, 0.2) is 70.9 Å². The minimum atomic E-state index is -1.00. The lowest BCUT2D eigenvalue weighted by Crippen LogP contribution is -2.35. The van der Waals surface area contributed by atoms with Gasteiger partial charge in [0.05, 0.1) is 23.5 Å². The second kappa shape index (κ2) is 10.9. The topological polar surface area (TPSA) is 124 Å². The molecule has 2 unspecified atom stereocenters. The van der Waals surface area contributed by atoms with Gasteiger partial charge >= 0.3 is 0 Å². The molecule has 1 aliphatic rings. The molecule has 41 heavy (non-hydrogen) atoms. The van der Waals surface area contributed by atoms with Gasteiger partial charge in [0.15, 0.2) is 0 Å². The fourth-order valence-electron chi connectivity index (χ4n) is 5.10. The molecule has 3 aromatic heterocycles. The van der Waals surface area contributed by atoms with Gasteiger partial charge in [0.1, 0.15) is 10.8 Å². The van der Waals surface area contributed by atoms with Crippen LogP contribution < -0.4 is 5.73 Å². The first-order valence-electron chi connectivity index (χ1n) is 13.3. The highest BCUT2D eigenvalue weighted by atomic mass is 32.1. The van der Waals surface area contributed by atoms with Crippen molar-refractivity contribution in [2.45, 2.75) is 44.7 Å². The summed E-state index contributed by atoms with van der Waals surface area (Å²) in [5, 5.41) is 11.5. The van der Waals surface area contributed by atoms with E-state index in [0.717, 1.165) is 29.1 Å². The monoisotopic (exact) mass is 569 g/mol. The molecule has 0 spiro atoms. The lowest BCUT2D eigenvalue weighted by Gasteiger charge is -2.23. The third kappa shape index (κ3) is 5.63. The average molecular weight is 570 g/mol. The first kappa shape index (κ1) is 26.9. The average Bonchev–Trinajstić information content (AvgIpc) is 3.75. The molecule has 2 atom stereocenters. The largest absolute Gasteiger partial charge is 0.419 e. The van der Waals surface area contributed by atoms with E-state index in [9.17, 15) is 9.18 Å². The molecule has 1 amide bonds. The van der Waals surface area contributed by atoms with E-state index >= 15 is 0 Å². The summed E-state index contributed by atoms with van der Waals surface area (Å²) in [7, 11) is 0. The molecule has 0 radical (unpaired) electrons. The highest BCUT2D eigenvalue weighted by molar-refractivity contribution is 7.09. The molecule has 2 aromatic carbocycles. The van der Waals surface area contributed by atoms with Crippen molar-refractivity contribution in [3.05, 3.63) is 100.0 Å². The Bertz CT molecular complexity index is 1680. The number of hydrogen-bond acceptors (Lipinski definition) is 9. The number of nitrogens with zero attached hydrogens (tertiary/aromatic N) is 6. The van der Waals surface area contributed by atoms with Crippen molar-refractivity contribution in [2.75, 3.05) is 6.54 Å². The second-order valence-corrected chi connectivity index (χ2v) is 11.4. The number of benzene rings is 2. The van der Waals surface area contributed by atoms with E-state index in [1.807, 2.05) is 29.3 Å². The van der Waals surface area contributed by atoms with Gasteiger partial charge in [-0.15, -0.1) is 21.5 Å². The Morgan fingerprint density at radius 3 is 2.71 bits per heavy atom. The Kier molecular flexibility index (Phi) is 7.14. The number of likely N-dealkylation sites (tertiary alicyclic amines) is 1. The lowest BCUT2D eigenvalue weighted by molar-refractivity contribution is 0.0735. The quantitative estimate of drug-likeness (QED) is 0.273. The van der Waals surface area contributed by atoms with Gasteiger partial charge in [0, 0.05) is 46.7 Å². The predicted molar refractivity (Wildman–Crippen MR) is 152 cm³/mol. The normalized spacial score (nSPS) is 16.6. The number of thiazole rings is 1. The number of nitrogens with two attached hydrogens (primary N) is 1. The Hall–Kier alpha value is -4.35. The summed E-state index contributed by atoms with van der Waals surface area (Å²) in [6.07, 6.45) is 6.98. The van der Waals surface area contributed by atoms with E-state index in [4.69, 9.17) is 10.2 Å². The SMILES string of the molecule is Cc1csc(C2CCCN2C(=O)c2cc(-c3cnccn3)cc(-c3nnc(C(C)(N)Cc4ccc(F)cc4)o3)c2)n1. The number of carbonyl (C=O) groups excluding carboxylic acids is 1. The van der Waals surface area contributed by atoms with E-state index in [1.165, 1.54) is 12.1 Å². The minimum Gasteiger partial charge on any atom is -0.419 e. The van der Waals surface area contributed by atoms with Crippen LogP contribution in [0, 0.1) is 12.7 Å². The van der Waals surface area contributed by atoms with Gasteiger partial charge < -0.3 is 15.1 Å². The van der Waals surface area contributed by atoms with Crippen LogP contribution in [0.4, 0.5) is 4.39 Å². The highest BCUT2D eigenvalue weighted by Crippen LogP contribution is 2.36. The zero-order valence-corrected chi connectivity index (χ0v) is 23.4. The maximum atomic E-state index is 13.9. The molecule has 1 aliphatic heterocycles. The number of amides is 1. The van der Waals surface area contributed by atoms with Crippen LogP contribution in [0.3, 0.4) is 0 Å². The number of halogens is 1. The Balaban J connectivity index is 1.35. The van der Waals surface area contributed by atoms with E-state index in [1.54, 1.807) is 55.1 Å². The van der Waals surface area contributed by atoms with E-state index in [0.29, 0.717) is 35.3 Å². The van der Waals surface area contributed by atoms with Crippen molar-refractivity contribution in [3.63, 3.8) is 0 Å². The van der Waals surface area contributed by atoms with E-state index in [2.05, 4.69) is 25.1 Å². The van der Waals surface area contributed by atoms with Crippen LogP contribution in [0.2, 0.25) is 0 Å². The molecule has 1 saturated heterocycles. The Morgan fingerprint density at radius 2 is 1.98 bits per heavy atom. The zero-order chi connectivity index (χ0) is 28.6. The molecular formula is C30H28FN7O2S. The van der Waals surface area contributed by atoms with Gasteiger partial charge in [-0.1, -0.05) is 12.1 Å². The summed E-state index contributed by atoms with van der Waals surface area (Å²) in [5.74, 6) is 0.0346. The van der Waals surface area contributed by atoms with Gasteiger partial charge in [-0.3, -0.25) is 14.8 Å². The first-order chi connectivity index (χ1) is 19.8. The molecule has 1 fully saturated rings. The standard InChI is InChI=1S/C30H28FN7O2S/c1-18-17-41-27(35-18)25-4-3-11-38(25)28(39)22-13-20(24-16-33-9-10-34-24)12-21(14-22)26-36-37-29(40-26)30(2,32)15-19-5-7-23(31)8-6-19/h5-10,12-14,16-17,25H,3-4,11,15,32H2,1-2H3. The molecular weight excluding hydrogens is 541 g/mol. The molecule has 5 aromatic rings. The van der Waals surface area contributed by atoms with Crippen LogP contribution in [0.25, 0.3) is 22.7 Å². The van der Waals surface area contributed by atoms with E-state index < -0.39 is 5.54 Å². The highest BCUT2D eigenvalue weighted by Gasteiger charge is 2.33. The molecule has 0 saturated carbocycles. The molecule has 2 N–H and O–H groups in total. The van der Waals surface area contributed by atoms with Crippen LogP contribution in [0.5, 0.6) is 0 Å². The van der Waals surface area contributed by atoms with Gasteiger partial charge in [-0.25, -0.2) is 9.37 Å². The number of aryl methyl sites for hydroxylation is 1. The number of rotatable bonds is 7. The maximum Gasteiger partial charge on any atom is 0.254 e. The molecule has 0 bridgehead atoms. The maximum absolute atomic E-state index is 13.9. The summed E-state index contributed by atoms with van der Waals surface area (Å²) in [6.45, 7) is 4.39. The lowest BCUT2D eigenvalue weighted by atomic mass is 9.94. The summed E-state index contributed by atoms with van der Waals surface area (Å²) in [4.78, 5) is 29.1. The van der Waals surface area contributed by atoms with Crippen LogP contribution >= 0.6 is 11.3 Å². The van der Waals surface area contributed by atoms with Crippen LogP contribution in [-0.4, -0.2) is 42.5 Å². The number of carbonyl (C=O) groups is 1. The Morgan fingerprint density at radius 1 is 1.17 bits per heavy atom. The van der Waals surface area contributed by atoms with Gasteiger partial charge in [-0.2, -0.15) is 0 Å². The summed E-state index contributed by atoms with van der Waals surface area (Å²) >= 11 is 1.58. The summed E-state index contributed by atoms with van der Waals surface area (Å²) < 4.78 is 19.5. The molecule has 6 rings (SSSR count). The second-order valence-electron chi connectivity index (χ2n) is 10.5. The van der Waals surface area contributed by atoms with Gasteiger partial charge in [0.25, 0.3) is 5.91 Å². The third-order valence-electron chi connectivity index (χ3n) is 7.12. The van der Waals surface area contributed by atoms with Crippen molar-refractivity contribution < 1.29 is 13.6 Å². The Labute approximate surface area is 240 Å². The first-order valence-corrected chi connectivity index (χ1v) is 14.2. The van der Waals surface area contributed by atoms with Crippen LogP contribution in [0.1, 0.15) is 58.3 Å². The molecule has 11 heteroatoms. The van der Waals surface area contributed by atoms with Crippen molar-refractivity contribution in [2.24, 2.45) is 5.73 Å². The van der Waals surface area contributed by atoms with Crippen LogP contribution in [-0.2, 0) is 12.0 Å². The molecule has 4 heterocycles. The molecule has 208 valence electrons. The fraction of sp³-hybridized carbons (Fsp3) is 0.267. The summed E-state index contributed by atoms with van der Waals surface area (Å²) in [6, 6.07) is 11.5. The number of hydrogen-bond donors (Lipinski definition) is 1. The van der Waals surface area contributed by atoms with Gasteiger partial charge in [-0.05, 0) is 69.0 Å². The predicted octanol–water partition coefficient (Wildman–Crippen LogP) is 5.49. The fourth-order valence-corrected chi connectivity index (χ4v) is 6.04. The third-order valence-corrected chi connectivity index (χ3v) is 8.18. The van der Waals surface area contributed by atoms with Crippen molar-refractivity contribution in [1.29, 1.82) is 0 Å². The molecule has 9 nitrogen and oxygen atoms in total. The van der Waals surface area contributed by atoms with Gasteiger partial charge in [0.2, 0.25) is 11.8 Å². The number of aromatic nitrogens is 5. The van der Waals surface area contributed by atoms with E-state index in [-0.39, 0.29) is 29.5 Å². The summed E-state index contributed by atoms with van der Waals surface area (Å²) in [5.41, 5.74) is 9.71. The minimum absolute atomic E-state index is 0.0655. The zero-order valence-electron chi connectivity index (χ0n) is 22.6. The van der Waals surface area contributed by atoms with Crippen molar-refractivity contribution in [3.8, 4) is 22.7 Å². The smallest absolute Gasteiger partial charge is 0.254 e. The molecule has 0 aliphatic carbocycles. The van der Waals surface area contributed by atoms with Crippen molar-refractivity contribution in [1.82, 2.24) is 30.0 Å².